The van der Waals surface area contributed by atoms with E-state index in [4.69, 9.17) is 9.47 Å². The summed E-state index contributed by atoms with van der Waals surface area (Å²) in [6.45, 7) is 4.39. The van der Waals surface area contributed by atoms with Gasteiger partial charge in [-0.2, -0.15) is 0 Å². The van der Waals surface area contributed by atoms with Crippen LogP contribution in [-0.4, -0.2) is 43.5 Å². The van der Waals surface area contributed by atoms with Crippen molar-refractivity contribution in [1.29, 1.82) is 0 Å². The van der Waals surface area contributed by atoms with Gasteiger partial charge in [-0.25, -0.2) is 0 Å². The number of hydrogen-bond donors (Lipinski definition) is 1. The zero-order valence-electron chi connectivity index (χ0n) is 16.7. The number of carbonyl (C=O) groups is 1. The lowest BCUT2D eigenvalue weighted by atomic mass is 10.1. The number of nitrogens with one attached hydrogen (secondary N) is 1. The number of aryl methyl sites for hydroxylation is 2. The Hall–Kier alpha value is -3.13. The molecule has 1 amide bonds. The number of methoxy groups -OCH3 is 2. The summed E-state index contributed by atoms with van der Waals surface area (Å²) >= 11 is 0. The Morgan fingerprint density at radius 2 is 1.82 bits per heavy atom. The molecule has 0 atom stereocenters. The van der Waals surface area contributed by atoms with E-state index in [2.05, 4.69) is 5.32 Å². The molecule has 0 saturated carbocycles. The first-order valence-electron chi connectivity index (χ1n) is 8.70. The molecule has 0 radical (unpaired) electrons. The standard InChI is InChI=1S/C20H25N3O5/c1-13-6-7-18(27-4)15(8-13)11-22(3)12-20(24)21-16-10-19(28-5)17(23(25)26)9-14(16)2/h6-10H,11-12H2,1-5H3,(H,21,24). The average Bonchev–Trinajstić information content (AvgIpc) is 2.62. The molecule has 0 bridgehead atoms. The topological polar surface area (TPSA) is 93.9 Å². The molecule has 0 aromatic heterocycles. The summed E-state index contributed by atoms with van der Waals surface area (Å²) in [6.07, 6.45) is 0. The van der Waals surface area contributed by atoms with Crippen molar-refractivity contribution in [3.63, 3.8) is 0 Å². The molecule has 2 aromatic rings. The predicted octanol–water partition coefficient (Wildman–Crippen LogP) is 3.30. The molecule has 150 valence electrons. The predicted molar refractivity (Wildman–Crippen MR) is 107 cm³/mol. The number of anilines is 1. The normalized spacial score (nSPS) is 10.6. The molecule has 8 nitrogen and oxygen atoms in total. The molecule has 0 aliphatic rings. The number of amides is 1. The lowest BCUT2D eigenvalue weighted by Gasteiger charge is -2.19. The number of rotatable bonds is 8. The second kappa shape index (κ2) is 9.18. The molecule has 0 aliphatic carbocycles. The van der Waals surface area contributed by atoms with E-state index in [0.717, 1.165) is 16.9 Å². The Morgan fingerprint density at radius 1 is 1.14 bits per heavy atom. The zero-order chi connectivity index (χ0) is 20.8. The Morgan fingerprint density at radius 3 is 2.43 bits per heavy atom. The van der Waals surface area contributed by atoms with Gasteiger partial charge in [0, 0.05) is 29.9 Å². The Labute approximate surface area is 164 Å². The van der Waals surface area contributed by atoms with Gasteiger partial charge in [0.05, 0.1) is 25.7 Å². The maximum atomic E-state index is 12.4. The molecule has 0 spiro atoms. The van der Waals surface area contributed by atoms with E-state index in [-0.39, 0.29) is 23.9 Å². The van der Waals surface area contributed by atoms with Crippen LogP contribution in [0.4, 0.5) is 11.4 Å². The molecular weight excluding hydrogens is 362 g/mol. The molecule has 2 rings (SSSR count). The molecule has 0 heterocycles. The van der Waals surface area contributed by atoms with Gasteiger partial charge in [0.15, 0.2) is 5.75 Å². The van der Waals surface area contributed by atoms with E-state index in [1.807, 2.05) is 37.1 Å². The number of benzene rings is 2. The second-order valence-corrected chi connectivity index (χ2v) is 6.63. The minimum Gasteiger partial charge on any atom is -0.496 e. The minimum absolute atomic E-state index is 0.101. The van der Waals surface area contributed by atoms with Gasteiger partial charge in [-0.15, -0.1) is 0 Å². The van der Waals surface area contributed by atoms with E-state index in [0.29, 0.717) is 17.8 Å². The van der Waals surface area contributed by atoms with Crippen LogP contribution < -0.4 is 14.8 Å². The molecule has 0 aliphatic heterocycles. The fourth-order valence-electron chi connectivity index (χ4n) is 2.93. The summed E-state index contributed by atoms with van der Waals surface area (Å²) in [4.78, 5) is 24.9. The van der Waals surface area contributed by atoms with Crippen LogP contribution in [0.15, 0.2) is 30.3 Å². The van der Waals surface area contributed by atoms with Crippen molar-refractivity contribution in [2.75, 3.05) is 33.1 Å². The third-order valence-corrected chi connectivity index (χ3v) is 4.29. The highest BCUT2D eigenvalue weighted by Crippen LogP contribution is 2.32. The summed E-state index contributed by atoms with van der Waals surface area (Å²) in [5, 5.41) is 13.9. The average molecular weight is 387 g/mol. The fraction of sp³-hybridized carbons (Fsp3) is 0.350. The minimum atomic E-state index is -0.513. The SMILES string of the molecule is COc1ccc(C)cc1CN(C)CC(=O)Nc1cc(OC)c([N+](=O)[O-])cc1C. The van der Waals surface area contributed by atoms with Crippen molar-refractivity contribution in [2.45, 2.75) is 20.4 Å². The maximum absolute atomic E-state index is 12.4. The van der Waals surface area contributed by atoms with E-state index >= 15 is 0 Å². The lowest BCUT2D eigenvalue weighted by molar-refractivity contribution is -0.385. The highest BCUT2D eigenvalue weighted by Gasteiger charge is 2.19. The second-order valence-electron chi connectivity index (χ2n) is 6.63. The van der Waals surface area contributed by atoms with Crippen LogP contribution in [0.2, 0.25) is 0 Å². The number of nitrogens with zero attached hydrogens (tertiary/aromatic N) is 2. The van der Waals surface area contributed by atoms with Crippen LogP contribution >= 0.6 is 0 Å². The summed E-state index contributed by atoms with van der Waals surface area (Å²) in [5.41, 5.74) is 3.03. The highest BCUT2D eigenvalue weighted by molar-refractivity contribution is 5.93. The van der Waals surface area contributed by atoms with Gasteiger partial charge in [0.25, 0.3) is 0 Å². The van der Waals surface area contributed by atoms with E-state index in [1.165, 1.54) is 19.2 Å². The molecule has 0 saturated heterocycles. The van der Waals surface area contributed by atoms with Crippen molar-refractivity contribution in [3.8, 4) is 11.5 Å². The van der Waals surface area contributed by atoms with Gasteiger partial charge in [-0.3, -0.25) is 19.8 Å². The van der Waals surface area contributed by atoms with Crippen LogP contribution in [0.3, 0.4) is 0 Å². The van der Waals surface area contributed by atoms with Gasteiger partial charge in [0.1, 0.15) is 5.75 Å². The number of likely N-dealkylation sites (N-methyl/N-ethyl adjacent to an activating group) is 1. The summed E-state index contributed by atoms with van der Waals surface area (Å²) in [5.74, 6) is 0.644. The van der Waals surface area contributed by atoms with Gasteiger partial charge in [-0.05, 0) is 32.5 Å². The molecule has 8 heteroatoms. The van der Waals surface area contributed by atoms with E-state index in [9.17, 15) is 14.9 Å². The highest BCUT2D eigenvalue weighted by atomic mass is 16.6. The Kier molecular flexibility index (Phi) is 6.94. The number of hydrogen-bond acceptors (Lipinski definition) is 6. The molecule has 28 heavy (non-hydrogen) atoms. The quantitative estimate of drug-likeness (QED) is 0.552. The van der Waals surface area contributed by atoms with Crippen LogP contribution in [-0.2, 0) is 11.3 Å². The summed E-state index contributed by atoms with van der Waals surface area (Å²) in [7, 11) is 4.81. The number of ether oxygens (including phenoxy) is 2. The summed E-state index contributed by atoms with van der Waals surface area (Å²) in [6, 6.07) is 8.76. The van der Waals surface area contributed by atoms with Crippen LogP contribution in [0, 0.1) is 24.0 Å². The Bertz CT molecular complexity index is 882. The zero-order valence-corrected chi connectivity index (χ0v) is 16.7. The molecule has 0 fully saturated rings. The molecule has 1 N–H and O–H groups in total. The van der Waals surface area contributed by atoms with E-state index < -0.39 is 4.92 Å². The third-order valence-electron chi connectivity index (χ3n) is 4.29. The van der Waals surface area contributed by atoms with Crippen molar-refractivity contribution in [3.05, 3.63) is 57.1 Å². The fourth-order valence-corrected chi connectivity index (χ4v) is 2.93. The molecule has 2 aromatic carbocycles. The first kappa shape index (κ1) is 21.2. The van der Waals surface area contributed by atoms with Gasteiger partial charge in [-0.1, -0.05) is 17.7 Å². The maximum Gasteiger partial charge on any atom is 0.311 e. The van der Waals surface area contributed by atoms with E-state index in [1.54, 1.807) is 14.0 Å². The molecule has 0 unspecified atom stereocenters. The van der Waals surface area contributed by atoms with Gasteiger partial charge >= 0.3 is 5.69 Å². The van der Waals surface area contributed by atoms with Crippen molar-refractivity contribution < 1.29 is 19.2 Å². The Balaban J connectivity index is 2.08. The van der Waals surface area contributed by atoms with Crippen LogP contribution in [0.5, 0.6) is 11.5 Å². The van der Waals surface area contributed by atoms with Crippen LogP contribution in [0.1, 0.15) is 16.7 Å². The summed E-state index contributed by atoms with van der Waals surface area (Å²) < 4.78 is 10.4. The first-order valence-corrected chi connectivity index (χ1v) is 8.70. The monoisotopic (exact) mass is 387 g/mol. The molecular formula is C20H25N3O5. The van der Waals surface area contributed by atoms with Crippen molar-refractivity contribution in [2.24, 2.45) is 0 Å². The number of nitro benzene ring substituents is 1. The van der Waals surface area contributed by atoms with Crippen molar-refractivity contribution >= 4 is 17.3 Å². The largest absolute Gasteiger partial charge is 0.496 e. The number of nitro groups is 1. The first-order chi connectivity index (χ1) is 13.2. The smallest absolute Gasteiger partial charge is 0.311 e. The van der Waals surface area contributed by atoms with Gasteiger partial charge < -0.3 is 14.8 Å². The van der Waals surface area contributed by atoms with Crippen LogP contribution in [0.25, 0.3) is 0 Å². The van der Waals surface area contributed by atoms with Gasteiger partial charge in [0.2, 0.25) is 5.91 Å². The van der Waals surface area contributed by atoms with Crippen molar-refractivity contribution in [1.82, 2.24) is 4.90 Å². The third kappa shape index (κ3) is 5.20. The lowest BCUT2D eigenvalue weighted by Crippen LogP contribution is -2.30. The number of carbonyl (C=O) groups excluding carboxylic acids is 1.